The molecule has 0 aliphatic heterocycles. The van der Waals surface area contributed by atoms with Crippen LogP contribution in [0.3, 0.4) is 0 Å². The highest BCUT2D eigenvalue weighted by atomic mass is 79.9. The molecule has 1 N–H and O–H groups in total. The monoisotopic (exact) mass is 272 g/mol. The molecule has 0 atom stereocenters. The van der Waals surface area contributed by atoms with Crippen molar-refractivity contribution in [2.45, 2.75) is 13.5 Å². The number of thiazole rings is 1. The number of hydrogen-bond donors (Lipinski definition) is 1. The fourth-order valence-electron chi connectivity index (χ4n) is 1.05. The fourth-order valence-corrected chi connectivity index (χ4v) is 2.05. The van der Waals surface area contributed by atoms with E-state index in [1.807, 2.05) is 25.3 Å². The van der Waals surface area contributed by atoms with E-state index in [4.69, 9.17) is 4.42 Å². The Morgan fingerprint density at radius 2 is 2.43 bits per heavy atom. The number of rotatable bonds is 3. The van der Waals surface area contributed by atoms with Gasteiger partial charge in [-0.2, -0.15) is 0 Å². The SMILES string of the molecule is Cc1cnc(NCc2ccc(Br)o2)s1. The van der Waals surface area contributed by atoms with Gasteiger partial charge in [0, 0.05) is 11.1 Å². The molecule has 2 aromatic rings. The van der Waals surface area contributed by atoms with Crippen molar-refractivity contribution in [1.29, 1.82) is 0 Å². The van der Waals surface area contributed by atoms with Gasteiger partial charge >= 0.3 is 0 Å². The molecule has 0 radical (unpaired) electrons. The molecule has 5 heteroatoms. The van der Waals surface area contributed by atoms with Crippen molar-refractivity contribution in [2.75, 3.05) is 5.32 Å². The summed E-state index contributed by atoms with van der Waals surface area (Å²) >= 11 is 4.89. The van der Waals surface area contributed by atoms with E-state index in [-0.39, 0.29) is 0 Å². The minimum Gasteiger partial charge on any atom is -0.452 e. The summed E-state index contributed by atoms with van der Waals surface area (Å²) in [5, 5.41) is 4.11. The van der Waals surface area contributed by atoms with Gasteiger partial charge in [0.05, 0.1) is 6.54 Å². The van der Waals surface area contributed by atoms with Crippen LogP contribution in [0, 0.1) is 6.92 Å². The molecule has 0 fully saturated rings. The third kappa shape index (κ3) is 2.36. The second-order valence-corrected chi connectivity index (χ2v) is 4.85. The lowest BCUT2D eigenvalue weighted by Gasteiger charge is -1.97. The molecule has 0 spiro atoms. The summed E-state index contributed by atoms with van der Waals surface area (Å²) in [6, 6.07) is 3.81. The molecule has 0 bridgehead atoms. The molecule has 0 saturated carbocycles. The van der Waals surface area contributed by atoms with Crippen LogP contribution in [-0.4, -0.2) is 4.98 Å². The Balaban J connectivity index is 1.94. The van der Waals surface area contributed by atoms with Crippen LogP contribution in [0.1, 0.15) is 10.6 Å². The summed E-state index contributed by atoms with van der Waals surface area (Å²) in [5.41, 5.74) is 0. The van der Waals surface area contributed by atoms with Crippen molar-refractivity contribution in [3.8, 4) is 0 Å². The summed E-state index contributed by atoms with van der Waals surface area (Å²) in [7, 11) is 0. The van der Waals surface area contributed by atoms with E-state index < -0.39 is 0 Å². The molecule has 14 heavy (non-hydrogen) atoms. The Morgan fingerprint density at radius 1 is 1.57 bits per heavy atom. The molecular formula is C9H9BrN2OS. The average Bonchev–Trinajstić information content (AvgIpc) is 2.72. The molecule has 0 aromatic carbocycles. The van der Waals surface area contributed by atoms with Crippen molar-refractivity contribution >= 4 is 32.4 Å². The van der Waals surface area contributed by atoms with Crippen molar-refractivity contribution in [3.63, 3.8) is 0 Å². The fraction of sp³-hybridized carbons (Fsp3) is 0.222. The molecule has 3 nitrogen and oxygen atoms in total. The first-order valence-electron chi connectivity index (χ1n) is 4.14. The normalized spacial score (nSPS) is 10.4. The standard InChI is InChI=1S/C9H9BrN2OS/c1-6-4-11-9(14-6)12-5-7-2-3-8(10)13-7/h2-4H,5H2,1H3,(H,11,12). The highest BCUT2D eigenvalue weighted by Crippen LogP contribution is 2.19. The van der Waals surface area contributed by atoms with Crippen LogP contribution in [-0.2, 0) is 6.54 Å². The molecule has 0 aliphatic rings. The van der Waals surface area contributed by atoms with Gasteiger partial charge in [0.15, 0.2) is 9.80 Å². The Hall–Kier alpha value is -0.810. The third-order valence-corrected chi connectivity index (χ3v) is 2.96. The second-order valence-electron chi connectivity index (χ2n) is 2.84. The lowest BCUT2D eigenvalue weighted by Crippen LogP contribution is -1.96. The zero-order valence-electron chi connectivity index (χ0n) is 7.58. The van der Waals surface area contributed by atoms with Crippen LogP contribution in [0.4, 0.5) is 5.13 Å². The first-order chi connectivity index (χ1) is 6.74. The highest BCUT2D eigenvalue weighted by molar-refractivity contribution is 9.10. The van der Waals surface area contributed by atoms with Crippen molar-refractivity contribution in [3.05, 3.63) is 33.6 Å². The van der Waals surface area contributed by atoms with Gasteiger partial charge in [0.1, 0.15) is 5.76 Å². The van der Waals surface area contributed by atoms with Crippen LogP contribution in [0.2, 0.25) is 0 Å². The van der Waals surface area contributed by atoms with Gasteiger partial charge in [-0.25, -0.2) is 4.98 Å². The number of aromatic nitrogens is 1. The van der Waals surface area contributed by atoms with Crippen LogP contribution >= 0.6 is 27.3 Å². The Morgan fingerprint density at radius 3 is 3.00 bits per heavy atom. The topological polar surface area (TPSA) is 38.1 Å². The van der Waals surface area contributed by atoms with Gasteiger partial charge < -0.3 is 9.73 Å². The second kappa shape index (κ2) is 4.14. The maximum atomic E-state index is 5.34. The molecule has 2 heterocycles. The number of aryl methyl sites for hydroxylation is 1. The number of nitrogens with one attached hydrogen (secondary N) is 1. The zero-order chi connectivity index (χ0) is 9.97. The highest BCUT2D eigenvalue weighted by Gasteiger charge is 2.01. The predicted octanol–water partition coefficient (Wildman–Crippen LogP) is 3.42. The summed E-state index contributed by atoms with van der Waals surface area (Å²) in [6.45, 7) is 2.70. The molecule has 0 aliphatic carbocycles. The number of furan rings is 1. The first-order valence-corrected chi connectivity index (χ1v) is 5.75. The predicted molar refractivity (Wildman–Crippen MR) is 60.6 cm³/mol. The van der Waals surface area contributed by atoms with E-state index in [0.29, 0.717) is 6.54 Å². The zero-order valence-corrected chi connectivity index (χ0v) is 9.98. The van der Waals surface area contributed by atoms with Crippen molar-refractivity contribution < 1.29 is 4.42 Å². The maximum absolute atomic E-state index is 5.34. The Bertz CT molecular complexity index is 384. The minimum atomic E-state index is 0.665. The van der Waals surface area contributed by atoms with E-state index in [2.05, 4.69) is 26.2 Å². The number of hydrogen-bond acceptors (Lipinski definition) is 4. The summed E-state index contributed by atoms with van der Waals surface area (Å²) in [4.78, 5) is 5.39. The van der Waals surface area contributed by atoms with Crippen LogP contribution in [0.25, 0.3) is 0 Å². The smallest absolute Gasteiger partial charge is 0.183 e. The van der Waals surface area contributed by atoms with Gasteiger partial charge in [0.2, 0.25) is 0 Å². The molecule has 2 aromatic heterocycles. The summed E-state index contributed by atoms with van der Waals surface area (Å²) in [5.74, 6) is 0.893. The molecule has 0 amide bonds. The summed E-state index contributed by atoms with van der Waals surface area (Å²) < 4.78 is 6.10. The Kier molecular flexibility index (Phi) is 2.88. The number of anilines is 1. The van der Waals surface area contributed by atoms with E-state index in [1.165, 1.54) is 4.88 Å². The summed E-state index contributed by atoms with van der Waals surface area (Å²) in [6.07, 6.45) is 1.85. The van der Waals surface area contributed by atoms with Crippen molar-refractivity contribution in [1.82, 2.24) is 4.98 Å². The quantitative estimate of drug-likeness (QED) is 0.931. The molecular weight excluding hydrogens is 264 g/mol. The van der Waals surface area contributed by atoms with Gasteiger partial charge in [-0.05, 0) is 35.0 Å². The van der Waals surface area contributed by atoms with Gasteiger partial charge in [-0.3, -0.25) is 0 Å². The maximum Gasteiger partial charge on any atom is 0.183 e. The van der Waals surface area contributed by atoms with Crippen LogP contribution < -0.4 is 5.32 Å². The number of nitrogens with zero attached hydrogens (tertiary/aromatic N) is 1. The van der Waals surface area contributed by atoms with Crippen LogP contribution in [0.5, 0.6) is 0 Å². The average molecular weight is 273 g/mol. The van der Waals surface area contributed by atoms with Crippen LogP contribution in [0.15, 0.2) is 27.4 Å². The van der Waals surface area contributed by atoms with Gasteiger partial charge in [-0.15, -0.1) is 11.3 Å². The Labute approximate surface area is 94.3 Å². The number of halogens is 1. The molecule has 0 unspecified atom stereocenters. The molecule has 2 rings (SSSR count). The third-order valence-electron chi connectivity index (χ3n) is 1.66. The van der Waals surface area contributed by atoms with E-state index in [1.54, 1.807) is 11.3 Å². The minimum absolute atomic E-state index is 0.665. The lowest BCUT2D eigenvalue weighted by atomic mass is 10.4. The first kappa shape index (κ1) is 9.73. The van der Waals surface area contributed by atoms with Gasteiger partial charge in [-0.1, -0.05) is 0 Å². The molecule has 74 valence electrons. The van der Waals surface area contributed by atoms with Gasteiger partial charge in [0.25, 0.3) is 0 Å². The van der Waals surface area contributed by atoms with E-state index >= 15 is 0 Å². The van der Waals surface area contributed by atoms with E-state index in [0.717, 1.165) is 15.6 Å². The largest absolute Gasteiger partial charge is 0.452 e. The van der Waals surface area contributed by atoms with E-state index in [9.17, 15) is 0 Å². The van der Waals surface area contributed by atoms with Crippen molar-refractivity contribution in [2.24, 2.45) is 0 Å². The molecule has 0 saturated heterocycles. The lowest BCUT2D eigenvalue weighted by molar-refractivity contribution is 0.495.